The van der Waals surface area contributed by atoms with Gasteiger partial charge < -0.3 is 14.6 Å². The molecule has 3 rings (SSSR count). The van der Waals surface area contributed by atoms with Gasteiger partial charge in [0.05, 0.1) is 0 Å². The molecule has 21 heavy (non-hydrogen) atoms. The highest BCUT2D eigenvalue weighted by atomic mass is 16.5. The van der Waals surface area contributed by atoms with Crippen LogP contribution in [0, 0.1) is 0 Å². The number of carbonyl (C=O) groups excluding carboxylic acids is 1. The molecule has 5 heteroatoms. The molecular formula is C16H18N2O3. The minimum absolute atomic E-state index is 0.169. The summed E-state index contributed by atoms with van der Waals surface area (Å²) in [6, 6.07) is 7.23. The summed E-state index contributed by atoms with van der Waals surface area (Å²) in [5.41, 5.74) is 1.67. The van der Waals surface area contributed by atoms with Gasteiger partial charge in [0.25, 0.3) is 5.91 Å². The van der Waals surface area contributed by atoms with Crippen LogP contribution in [0.2, 0.25) is 0 Å². The van der Waals surface area contributed by atoms with Crippen LogP contribution in [0.15, 0.2) is 28.8 Å². The molecule has 0 aliphatic carbocycles. The average molecular weight is 286 g/mol. The first kappa shape index (κ1) is 13.7. The van der Waals surface area contributed by atoms with Crippen molar-refractivity contribution in [2.24, 2.45) is 0 Å². The molecule has 110 valence electrons. The predicted octanol–water partition coefficient (Wildman–Crippen LogP) is 3.37. The maximum absolute atomic E-state index is 12.2. The third-order valence-electron chi connectivity index (χ3n) is 3.50. The summed E-state index contributed by atoms with van der Waals surface area (Å²) in [4.78, 5) is 12.2. The van der Waals surface area contributed by atoms with Crippen LogP contribution in [-0.4, -0.2) is 17.2 Å². The number of anilines is 1. The van der Waals surface area contributed by atoms with E-state index in [0.717, 1.165) is 23.5 Å². The highest BCUT2D eigenvalue weighted by molar-refractivity contribution is 6.04. The number of nitrogens with zero attached hydrogens (tertiary/aromatic N) is 1. The highest BCUT2D eigenvalue weighted by Crippen LogP contribution is 2.29. The first-order valence-corrected chi connectivity index (χ1v) is 7.10. The third kappa shape index (κ3) is 2.77. The van der Waals surface area contributed by atoms with Gasteiger partial charge in [-0.3, -0.25) is 4.79 Å². The molecule has 5 nitrogen and oxygen atoms in total. The van der Waals surface area contributed by atoms with Crippen molar-refractivity contribution in [2.75, 3.05) is 5.32 Å². The largest absolute Gasteiger partial charge is 0.490 e. The zero-order valence-electron chi connectivity index (χ0n) is 12.3. The van der Waals surface area contributed by atoms with E-state index in [4.69, 9.17) is 9.26 Å². The van der Waals surface area contributed by atoms with Gasteiger partial charge in [0, 0.05) is 24.0 Å². The second-order valence-electron chi connectivity index (χ2n) is 5.68. The third-order valence-corrected chi connectivity index (χ3v) is 3.50. The maximum Gasteiger partial charge on any atom is 0.256 e. The number of carbonyl (C=O) groups is 1. The van der Waals surface area contributed by atoms with Gasteiger partial charge in [-0.25, -0.2) is 0 Å². The van der Waals surface area contributed by atoms with Crippen molar-refractivity contribution in [3.63, 3.8) is 0 Å². The summed E-state index contributed by atoms with van der Waals surface area (Å²) in [7, 11) is 0. The second kappa shape index (κ2) is 5.24. The Morgan fingerprint density at radius 1 is 1.38 bits per heavy atom. The number of fused-ring (bicyclic) bond motifs is 1. The number of hydrogen-bond acceptors (Lipinski definition) is 4. The Balaban J connectivity index is 1.75. The Bertz CT molecular complexity index is 676. The molecule has 1 atom stereocenters. The number of amides is 1. The molecule has 2 aromatic rings. The normalized spacial score (nSPS) is 16.7. The number of benzene rings is 1. The van der Waals surface area contributed by atoms with Gasteiger partial charge in [-0.15, -0.1) is 0 Å². The second-order valence-corrected chi connectivity index (χ2v) is 5.68. The van der Waals surface area contributed by atoms with Crippen LogP contribution in [0.5, 0.6) is 5.75 Å². The molecule has 1 unspecified atom stereocenters. The van der Waals surface area contributed by atoms with E-state index >= 15 is 0 Å². The van der Waals surface area contributed by atoms with Gasteiger partial charge in [-0.2, -0.15) is 0 Å². The summed E-state index contributed by atoms with van der Waals surface area (Å²) in [5, 5.41) is 6.61. The minimum atomic E-state index is -0.194. The standard InChI is InChI=1S/C16H18N2O3/c1-9(2)14-8-15(18-21-14)17-16(19)11-4-5-13-12(7-11)6-10(3)20-13/h4-5,7-10H,6H2,1-3H3,(H,17,18,19). The zero-order chi connectivity index (χ0) is 15.0. The van der Waals surface area contributed by atoms with Gasteiger partial charge in [0.2, 0.25) is 0 Å². The van der Waals surface area contributed by atoms with E-state index < -0.39 is 0 Å². The highest BCUT2D eigenvalue weighted by Gasteiger charge is 2.20. The molecule has 1 aromatic heterocycles. The molecule has 0 spiro atoms. The summed E-state index contributed by atoms with van der Waals surface area (Å²) >= 11 is 0. The molecule has 0 saturated carbocycles. The Kier molecular flexibility index (Phi) is 3.41. The summed E-state index contributed by atoms with van der Waals surface area (Å²) in [5.74, 6) is 2.10. The number of ether oxygens (including phenoxy) is 1. The molecule has 0 radical (unpaired) electrons. The average Bonchev–Trinajstić information content (AvgIpc) is 3.02. The van der Waals surface area contributed by atoms with Crippen LogP contribution in [0.4, 0.5) is 5.82 Å². The number of rotatable bonds is 3. The van der Waals surface area contributed by atoms with Gasteiger partial charge in [-0.05, 0) is 30.7 Å². The van der Waals surface area contributed by atoms with Gasteiger partial charge in [0.15, 0.2) is 5.82 Å². The van der Waals surface area contributed by atoms with Crippen molar-refractivity contribution in [3.05, 3.63) is 41.2 Å². The lowest BCUT2D eigenvalue weighted by Crippen LogP contribution is -2.12. The number of aromatic nitrogens is 1. The van der Waals surface area contributed by atoms with E-state index in [1.165, 1.54) is 0 Å². The lowest BCUT2D eigenvalue weighted by molar-refractivity contribution is 0.102. The first-order chi connectivity index (χ1) is 10.0. The van der Waals surface area contributed by atoms with E-state index in [1.807, 2.05) is 32.9 Å². The molecular weight excluding hydrogens is 268 g/mol. The monoisotopic (exact) mass is 286 g/mol. The van der Waals surface area contributed by atoms with Crippen LogP contribution in [0.25, 0.3) is 0 Å². The molecule has 2 heterocycles. The van der Waals surface area contributed by atoms with Crippen LogP contribution < -0.4 is 10.1 Å². The van der Waals surface area contributed by atoms with Crippen molar-refractivity contribution >= 4 is 11.7 Å². The first-order valence-electron chi connectivity index (χ1n) is 7.10. The fourth-order valence-corrected chi connectivity index (χ4v) is 2.37. The number of hydrogen-bond donors (Lipinski definition) is 1. The molecule has 0 fully saturated rings. The Morgan fingerprint density at radius 3 is 2.90 bits per heavy atom. The Morgan fingerprint density at radius 2 is 2.19 bits per heavy atom. The maximum atomic E-state index is 12.2. The van der Waals surface area contributed by atoms with Gasteiger partial charge in [0.1, 0.15) is 17.6 Å². The fraction of sp³-hybridized carbons (Fsp3) is 0.375. The van der Waals surface area contributed by atoms with Crippen molar-refractivity contribution in [2.45, 2.75) is 39.2 Å². The van der Waals surface area contributed by atoms with Crippen molar-refractivity contribution in [1.82, 2.24) is 5.16 Å². The molecule has 1 aliphatic heterocycles. The summed E-state index contributed by atoms with van der Waals surface area (Å²) in [6.45, 7) is 6.03. The van der Waals surface area contributed by atoms with E-state index in [-0.39, 0.29) is 17.9 Å². The van der Waals surface area contributed by atoms with Crippen LogP contribution in [0.3, 0.4) is 0 Å². The molecule has 0 bridgehead atoms. The van der Waals surface area contributed by atoms with E-state index in [1.54, 1.807) is 12.1 Å². The zero-order valence-corrected chi connectivity index (χ0v) is 12.3. The van der Waals surface area contributed by atoms with Gasteiger partial charge in [-0.1, -0.05) is 19.0 Å². The van der Waals surface area contributed by atoms with Crippen LogP contribution >= 0.6 is 0 Å². The molecule has 1 amide bonds. The van der Waals surface area contributed by atoms with Crippen molar-refractivity contribution in [1.29, 1.82) is 0 Å². The number of nitrogens with one attached hydrogen (secondary N) is 1. The van der Waals surface area contributed by atoms with Gasteiger partial charge >= 0.3 is 0 Å². The lowest BCUT2D eigenvalue weighted by atomic mass is 10.1. The van der Waals surface area contributed by atoms with E-state index in [0.29, 0.717) is 11.4 Å². The quantitative estimate of drug-likeness (QED) is 0.939. The fourth-order valence-electron chi connectivity index (χ4n) is 2.37. The van der Waals surface area contributed by atoms with E-state index in [9.17, 15) is 4.79 Å². The van der Waals surface area contributed by atoms with Crippen LogP contribution in [-0.2, 0) is 6.42 Å². The van der Waals surface area contributed by atoms with Crippen molar-refractivity contribution in [3.8, 4) is 5.75 Å². The smallest absolute Gasteiger partial charge is 0.256 e. The molecule has 1 aromatic carbocycles. The predicted molar refractivity (Wildman–Crippen MR) is 78.8 cm³/mol. The van der Waals surface area contributed by atoms with Crippen molar-refractivity contribution < 1.29 is 14.1 Å². The molecule has 1 N–H and O–H groups in total. The Labute approximate surface area is 123 Å². The minimum Gasteiger partial charge on any atom is -0.490 e. The molecule has 0 saturated heterocycles. The summed E-state index contributed by atoms with van der Waals surface area (Å²) in [6.07, 6.45) is 1.00. The van der Waals surface area contributed by atoms with E-state index in [2.05, 4.69) is 10.5 Å². The Hall–Kier alpha value is -2.30. The molecule has 1 aliphatic rings. The topological polar surface area (TPSA) is 64.4 Å². The summed E-state index contributed by atoms with van der Waals surface area (Å²) < 4.78 is 10.8. The lowest BCUT2D eigenvalue weighted by Gasteiger charge is -2.04. The SMILES string of the molecule is CC1Cc2cc(C(=O)Nc3cc(C(C)C)on3)ccc2O1. The van der Waals surface area contributed by atoms with Crippen LogP contribution in [0.1, 0.15) is 48.4 Å².